The van der Waals surface area contributed by atoms with E-state index in [1.54, 1.807) is 0 Å². The zero-order chi connectivity index (χ0) is 10.0. The van der Waals surface area contributed by atoms with Crippen LogP contribution in [0.4, 0.5) is 0 Å². The molecule has 1 saturated heterocycles. The summed E-state index contributed by atoms with van der Waals surface area (Å²) in [5.41, 5.74) is 0. The lowest BCUT2D eigenvalue weighted by molar-refractivity contribution is -0.915. The number of thiocarbonyl (C=S) groups is 1. The van der Waals surface area contributed by atoms with Crippen molar-refractivity contribution in [2.24, 2.45) is 0 Å². The van der Waals surface area contributed by atoms with Gasteiger partial charge in [-0.25, -0.2) is 0 Å². The van der Waals surface area contributed by atoms with Gasteiger partial charge in [0.15, 0.2) is 18.4 Å². The fourth-order valence-corrected chi connectivity index (χ4v) is 1.59. The molecule has 0 saturated carbocycles. The lowest BCUT2D eigenvalue weighted by Gasteiger charge is -2.38. The average molecular weight is 203 g/mol. The fraction of sp³-hybridized carbons (Fsp3) is 0.714. The van der Waals surface area contributed by atoms with E-state index in [0.717, 1.165) is 10.0 Å². The molecule has 0 aromatic rings. The molecule has 0 radical (unpaired) electrons. The molecule has 5 nitrogen and oxygen atoms in total. The maximum absolute atomic E-state index is 10.4. The van der Waals surface area contributed by atoms with E-state index < -0.39 is 5.97 Å². The highest BCUT2D eigenvalue weighted by molar-refractivity contribution is 7.80. The SMILES string of the molecule is CN1C[NH+](CC(=O)[O-])CN(C)C1=S. The number of hydrogen-bond acceptors (Lipinski definition) is 3. The van der Waals surface area contributed by atoms with E-state index in [1.165, 1.54) is 0 Å². The molecule has 6 heteroatoms. The molecule has 0 aliphatic carbocycles. The van der Waals surface area contributed by atoms with E-state index in [0.29, 0.717) is 13.3 Å². The summed E-state index contributed by atoms with van der Waals surface area (Å²) in [5.74, 6) is -1.02. The van der Waals surface area contributed by atoms with Gasteiger partial charge in [0, 0.05) is 14.1 Å². The molecule has 0 bridgehead atoms. The number of rotatable bonds is 2. The summed E-state index contributed by atoms with van der Waals surface area (Å²) in [5, 5.41) is 11.1. The van der Waals surface area contributed by atoms with Crippen molar-refractivity contribution in [1.29, 1.82) is 0 Å². The number of carboxylic acid groups (broad SMARTS) is 1. The van der Waals surface area contributed by atoms with Crippen LogP contribution < -0.4 is 10.0 Å². The van der Waals surface area contributed by atoms with Gasteiger partial charge in [0.1, 0.15) is 6.54 Å². The van der Waals surface area contributed by atoms with E-state index in [9.17, 15) is 9.90 Å². The summed E-state index contributed by atoms with van der Waals surface area (Å²) in [4.78, 5) is 15.0. The van der Waals surface area contributed by atoms with E-state index in [2.05, 4.69) is 0 Å². The molecular weight excluding hydrogens is 190 g/mol. The van der Waals surface area contributed by atoms with Crippen LogP contribution in [0, 0.1) is 0 Å². The number of nitrogens with zero attached hydrogens (tertiary/aromatic N) is 2. The highest BCUT2D eigenvalue weighted by Crippen LogP contribution is 1.93. The van der Waals surface area contributed by atoms with Gasteiger partial charge >= 0.3 is 0 Å². The van der Waals surface area contributed by atoms with Gasteiger partial charge in [-0.3, -0.25) is 4.90 Å². The molecule has 0 aromatic carbocycles. The predicted octanol–water partition coefficient (Wildman–Crippen LogP) is -3.30. The zero-order valence-corrected chi connectivity index (χ0v) is 8.56. The second-order valence-corrected chi connectivity index (χ2v) is 3.66. The first-order valence-corrected chi connectivity index (χ1v) is 4.41. The minimum Gasteiger partial charge on any atom is -0.544 e. The largest absolute Gasteiger partial charge is 0.544 e. The number of nitrogens with one attached hydrogen (secondary N) is 1. The maximum Gasteiger partial charge on any atom is 0.179 e. The molecule has 1 heterocycles. The molecule has 1 aliphatic rings. The van der Waals surface area contributed by atoms with Crippen LogP contribution in [0.5, 0.6) is 0 Å². The Kier molecular flexibility index (Phi) is 3.05. The molecular formula is C7H13N3O2S. The summed E-state index contributed by atoms with van der Waals surface area (Å²) < 4.78 is 0. The fourth-order valence-electron chi connectivity index (χ4n) is 1.46. The van der Waals surface area contributed by atoms with Crippen molar-refractivity contribution in [2.75, 3.05) is 34.0 Å². The van der Waals surface area contributed by atoms with Gasteiger partial charge in [0.25, 0.3) is 0 Å². The van der Waals surface area contributed by atoms with Gasteiger partial charge in [0.2, 0.25) is 0 Å². The van der Waals surface area contributed by atoms with Crippen molar-refractivity contribution >= 4 is 23.3 Å². The van der Waals surface area contributed by atoms with Crippen LogP contribution in [-0.4, -0.2) is 54.9 Å². The quantitative estimate of drug-likeness (QED) is 0.476. The second kappa shape index (κ2) is 3.89. The van der Waals surface area contributed by atoms with Gasteiger partial charge < -0.3 is 19.7 Å². The predicted molar refractivity (Wildman–Crippen MR) is 48.7 cm³/mol. The molecule has 74 valence electrons. The van der Waals surface area contributed by atoms with Crippen LogP contribution >= 0.6 is 12.2 Å². The Hall–Kier alpha value is -0.880. The molecule has 1 fully saturated rings. The van der Waals surface area contributed by atoms with Crippen molar-refractivity contribution < 1.29 is 14.8 Å². The highest BCUT2D eigenvalue weighted by Gasteiger charge is 2.24. The highest BCUT2D eigenvalue weighted by atomic mass is 32.1. The summed E-state index contributed by atoms with van der Waals surface area (Å²) in [7, 11) is 3.71. The maximum atomic E-state index is 10.4. The molecule has 1 aliphatic heterocycles. The second-order valence-electron chi connectivity index (χ2n) is 3.29. The number of hydrogen-bond donors (Lipinski definition) is 1. The lowest BCUT2D eigenvalue weighted by Crippen LogP contribution is -3.17. The normalized spacial score (nSPS) is 19.4. The lowest BCUT2D eigenvalue weighted by atomic mass is 10.5. The average Bonchev–Trinajstić information content (AvgIpc) is 1.98. The van der Waals surface area contributed by atoms with Gasteiger partial charge in [-0.1, -0.05) is 0 Å². The Balaban J connectivity index is 2.53. The van der Waals surface area contributed by atoms with Crippen molar-refractivity contribution in [3.63, 3.8) is 0 Å². The van der Waals surface area contributed by atoms with Crippen molar-refractivity contribution in [3.05, 3.63) is 0 Å². The summed E-state index contributed by atoms with van der Waals surface area (Å²) in [6.07, 6.45) is 0. The van der Waals surface area contributed by atoms with Gasteiger partial charge in [-0.05, 0) is 12.2 Å². The number of quaternary nitrogens is 1. The van der Waals surface area contributed by atoms with Crippen LogP contribution in [0.1, 0.15) is 0 Å². The Bertz CT molecular complexity index is 220. The Morgan fingerprint density at radius 3 is 2.38 bits per heavy atom. The van der Waals surface area contributed by atoms with Crippen LogP contribution in [0.2, 0.25) is 0 Å². The van der Waals surface area contributed by atoms with Crippen LogP contribution in [0.15, 0.2) is 0 Å². The molecule has 0 atom stereocenters. The van der Waals surface area contributed by atoms with Gasteiger partial charge in [0.05, 0.1) is 5.97 Å². The first kappa shape index (κ1) is 10.2. The first-order valence-electron chi connectivity index (χ1n) is 4.00. The monoisotopic (exact) mass is 203 g/mol. The molecule has 0 amide bonds. The standard InChI is InChI=1S/C7H13N3O2S/c1-8-4-10(3-6(11)12)5-9(2)7(8)13/h3-5H2,1-2H3,(H,11,12). The minimum absolute atomic E-state index is 0.0251. The van der Waals surface area contributed by atoms with E-state index in [-0.39, 0.29) is 6.54 Å². The number of carbonyl (C=O) groups excluding carboxylic acids is 1. The Labute approximate surface area is 82.5 Å². The summed E-state index contributed by atoms with van der Waals surface area (Å²) >= 11 is 5.09. The van der Waals surface area contributed by atoms with E-state index in [4.69, 9.17) is 12.2 Å². The molecule has 1 N–H and O–H groups in total. The first-order chi connectivity index (χ1) is 6.00. The summed E-state index contributed by atoms with van der Waals surface area (Å²) in [6.45, 7) is 1.27. The van der Waals surface area contributed by atoms with E-state index >= 15 is 0 Å². The summed E-state index contributed by atoms with van der Waals surface area (Å²) in [6, 6.07) is 0. The van der Waals surface area contributed by atoms with E-state index in [1.807, 2.05) is 23.9 Å². The number of carbonyl (C=O) groups is 1. The van der Waals surface area contributed by atoms with Crippen LogP contribution in [0.25, 0.3) is 0 Å². The third-order valence-electron chi connectivity index (χ3n) is 1.97. The molecule has 0 aromatic heterocycles. The van der Waals surface area contributed by atoms with Crippen molar-refractivity contribution in [3.8, 4) is 0 Å². The number of carboxylic acids is 1. The Morgan fingerprint density at radius 2 is 2.00 bits per heavy atom. The van der Waals surface area contributed by atoms with Crippen LogP contribution in [0.3, 0.4) is 0 Å². The topological polar surface area (TPSA) is 51.1 Å². The molecule has 1 rings (SSSR count). The third kappa shape index (κ3) is 2.53. The molecule has 13 heavy (non-hydrogen) atoms. The molecule has 0 spiro atoms. The smallest absolute Gasteiger partial charge is 0.179 e. The number of aliphatic carboxylic acids is 1. The van der Waals surface area contributed by atoms with Crippen molar-refractivity contribution in [2.45, 2.75) is 0 Å². The Morgan fingerprint density at radius 1 is 1.54 bits per heavy atom. The minimum atomic E-state index is -1.02. The molecule has 0 unspecified atom stereocenters. The zero-order valence-electron chi connectivity index (χ0n) is 7.74. The van der Waals surface area contributed by atoms with Crippen LogP contribution in [-0.2, 0) is 4.79 Å². The third-order valence-corrected chi connectivity index (χ3v) is 2.59. The van der Waals surface area contributed by atoms with Gasteiger partial charge in [-0.2, -0.15) is 0 Å². The van der Waals surface area contributed by atoms with Crippen molar-refractivity contribution in [1.82, 2.24) is 9.80 Å². The van der Waals surface area contributed by atoms with Gasteiger partial charge in [-0.15, -0.1) is 0 Å².